The number of benzene rings is 2. The van der Waals surface area contributed by atoms with E-state index in [9.17, 15) is 23.3 Å². The standard InChI is InChI=1S/C20H21N3O7S/c24-20(14-15-1-6-18-19(13-15)30-12-11-29-18)21-7-9-22(10-8-21)31(27,28)17-4-2-16(3-5-17)23(25)26/h1-6,13H,7-12,14H2. The Morgan fingerprint density at radius 1 is 0.968 bits per heavy atom. The molecule has 10 nitrogen and oxygen atoms in total. The van der Waals surface area contributed by atoms with Crippen molar-refractivity contribution in [1.29, 1.82) is 0 Å². The van der Waals surface area contributed by atoms with E-state index < -0.39 is 14.9 Å². The van der Waals surface area contributed by atoms with E-state index in [1.165, 1.54) is 28.6 Å². The minimum Gasteiger partial charge on any atom is -0.486 e. The van der Waals surface area contributed by atoms with E-state index in [1.807, 2.05) is 6.07 Å². The Hall–Kier alpha value is -3.18. The molecule has 1 fully saturated rings. The van der Waals surface area contributed by atoms with Crippen LogP contribution in [0.15, 0.2) is 47.4 Å². The maximum atomic E-state index is 12.8. The average molecular weight is 447 g/mol. The van der Waals surface area contributed by atoms with Crippen LogP contribution < -0.4 is 9.47 Å². The number of sulfonamides is 1. The second-order valence-electron chi connectivity index (χ2n) is 7.19. The van der Waals surface area contributed by atoms with Gasteiger partial charge in [-0.1, -0.05) is 6.07 Å². The Balaban J connectivity index is 1.36. The summed E-state index contributed by atoms with van der Waals surface area (Å²) in [5.41, 5.74) is 0.628. The van der Waals surface area contributed by atoms with Gasteiger partial charge >= 0.3 is 0 Å². The van der Waals surface area contributed by atoms with Gasteiger partial charge in [0.25, 0.3) is 5.69 Å². The van der Waals surface area contributed by atoms with Gasteiger partial charge in [0.2, 0.25) is 15.9 Å². The summed E-state index contributed by atoms with van der Waals surface area (Å²) in [6.07, 6.45) is 0.186. The Kier molecular flexibility index (Phi) is 5.79. The molecule has 0 N–H and O–H groups in total. The van der Waals surface area contributed by atoms with Crippen LogP contribution in [0.3, 0.4) is 0 Å². The van der Waals surface area contributed by atoms with Gasteiger partial charge in [-0.2, -0.15) is 4.31 Å². The third-order valence-corrected chi connectivity index (χ3v) is 7.15. The average Bonchev–Trinajstić information content (AvgIpc) is 2.79. The van der Waals surface area contributed by atoms with Crippen LogP contribution >= 0.6 is 0 Å². The Morgan fingerprint density at radius 2 is 1.61 bits per heavy atom. The van der Waals surface area contributed by atoms with E-state index in [1.54, 1.807) is 17.0 Å². The molecule has 0 spiro atoms. The highest BCUT2D eigenvalue weighted by molar-refractivity contribution is 7.89. The summed E-state index contributed by atoms with van der Waals surface area (Å²) in [7, 11) is -3.78. The summed E-state index contributed by atoms with van der Waals surface area (Å²) in [5, 5.41) is 10.8. The van der Waals surface area contributed by atoms with E-state index in [2.05, 4.69) is 0 Å². The highest BCUT2D eigenvalue weighted by atomic mass is 32.2. The first kappa shape index (κ1) is 21.1. The zero-order chi connectivity index (χ0) is 22.0. The van der Waals surface area contributed by atoms with Crippen LogP contribution in [-0.4, -0.2) is 67.8 Å². The second kappa shape index (κ2) is 8.52. The van der Waals surface area contributed by atoms with Gasteiger partial charge in [-0.25, -0.2) is 8.42 Å². The van der Waals surface area contributed by atoms with Crippen molar-refractivity contribution >= 4 is 21.6 Å². The molecule has 164 valence electrons. The summed E-state index contributed by atoms with van der Waals surface area (Å²) < 4.78 is 37.9. The first-order chi connectivity index (χ1) is 14.8. The molecule has 2 aromatic rings. The highest BCUT2D eigenvalue weighted by Crippen LogP contribution is 2.31. The van der Waals surface area contributed by atoms with Gasteiger partial charge in [0.05, 0.1) is 16.2 Å². The Morgan fingerprint density at radius 3 is 2.26 bits per heavy atom. The molecule has 2 aliphatic heterocycles. The molecule has 0 saturated carbocycles. The number of non-ortho nitro benzene ring substituents is 1. The second-order valence-corrected chi connectivity index (χ2v) is 9.13. The number of ether oxygens (including phenoxy) is 2. The SMILES string of the molecule is O=C(Cc1ccc2c(c1)OCCO2)N1CCN(S(=O)(=O)c2ccc([N+](=O)[O-])cc2)CC1. The highest BCUT2D eigenvalue weighted by Gasteiger charge is 2.30. The fraction of sp³-hybridized carbons (Fsp3) is 0.350. The molecule has 0 bridgehead atoms. The topological polar surface area (TPSA) is 119 Å². The lowest BCUT2D eigenvalue weighted by atomic mass is 10.1. The summed E-state index contributed by atoms with van der Waals surface area (Å²) in [5.74, 6) is 1.19. The lowest BCUT2D eigenvalue weighted by Gasteiger charge is -2.34. The zero-order valence-electron chi connectivity index (χ0n) is 16.6. The number of amides is 1. The van der Waals surface area contributed by atoms with Crippen molar-refractivity contribution in [2.45, 2.75) is 11.3 Å². The third kappa shape index (κ3) is 4.47. The van der Waals surface area contributed by atoms with E-state index in [-0.39, 0.29) is 49.1 Å². The van der Waals surface area contributed by atoms with Gasteiger partial charge in [0.15, 0.2) is 11.5 Å². The van der Waals surface area contributed by atoms with Gasteiger partial charge in [-0.15, -0.1) is 0 Å². The van der Waals surface area contributed by atoms with Crippen molar-refractivity contribution in [2.24, 2.45) is 0 Å². The van der Waals surface area contributed by atoms with Crippen molar-refractivity contribution in [3.8, 4) is 11.5 Å². The molecule has 31 heavy (non-hydrogen) atoms. The monoisotopic (exact) mass is 447 g/mol. The van der Waals surface area contributed by atoms with E-state index in [0.717, 1.165) is 5.56 Å². The summed E-state index contributed by atoms with van der Waals surface area (Å²) in [4.78, 5) is 24.5. The minimum absolute atomic E-state index is 0.00541. The smallest absolute Gasteiger partial charge is 0.269 e. The number of hydrogen-bond donors (Lipinski definition) is 0. The van der Waals surface area contributed by atoms with Crippen LogP contribution in [0.2, 0.25) is 0 Å². The molecule has 4 rings (SSSR count). The van der Waals surface area contributed by atoms with Crippen molar-refractivity contribution in [2.75, 3.05) is 39.4 Å². The molecule has 1 saturated heterocycles. The Bertz CT molecular complexity index is 1090. The molecular weight excluding hydrogens is 426 g/mol. The largest absolute Gasteiger partial charge is 0.486 e. The molecule has 11 heteroatoms. The van der Waals surface area contributed by atoms with Gasteiger partial charge in [-0.3, -0.25) is 14.9 Å². The van der Waals surface area contributed by atoms with Crippen LogP contribution in [0.4, 0.5) is 5.69 Å². The van der Waals surface area contributed by atoms with Crippen LogP contribution in [0.25, 0.3) is 0 Å². The van der Waals surface area contributed by atoms with Gasteiger partial charge < -0.3 is 14.4 Å². The number of nitro groups is 1. The van der Waals surface area contributed by atoms with Crippen molar-refractivity contribution < 1.29 is 27.6 Å². The molecule has 2 aliphatic rings. The van der Waals surface area contributed by atoms with Crippen LogP contribution in [-0.2, 0) is 21.2 Å². The van der Waals surface area contributed by atoms with Crippen molar-refractivity contribution in [3.05, 3.63) is 58.1 Å². The molecule has 1 amide bonds. The first-order valence-electron chi connectivity index (χ1n) is 9.75. The van der Waals surface area contributed by atoms with Gasteiger partial charge in [0.1, 0.15) is 13.2 Å². The molecule has 2 heterocycles. The number of hydrogen-bond acceptors (Lipinski definition) is 7. The number of nitrogens with zero attached hydrogens (tertiary/aromatic N) is 3. The third-order valence-electron chi connectivity index (χ3n) is 5.24. The molecule has 0 radical (unpaired) electrons. The summed E-state index contributed by atoms with van der Waals surface area (Å²) in [6.45, 7) is 1.83. The zero-order valence-corrected chi connectivity index (χ0v) is 17.4. The molecule has 0 aliphatic carbocycles. The normalized spacial score (nSPS) is 16.7. The Labute approximate surface area is 179 Å². The molecular formula is C20H21N3O7S. The summed E-state index contributed by atoms with van der Waals surface area (Å²) in [6, 6.07) is 10.2. The van der Waals surface area contributed by atoms with Crippen molar-refractivity contribution in [1.82, 2.24) is 9.21 Å². The van der Waals surface area contributed by atoms with Crippen LogP contribution in [0.5, 0.6) is 11.5 Å². The number of rotatable bonds is 5. The molecule has 2 aromatic carbocycles. The number of fused-ring (bicyclic) bond motifs is 1. The lowest BCUT2D eigenvalue weighted by molar-refractivity contribution is -0.384. The maximum Gasteiger partial charge on any atom is 0.269 e. The van der Waals surface area contributed by atoms with Gasteiger partial charge in [0, 0.05) is 38.3 Å². The fourth-order valence-corrected chi connectivity index (χ4v) is 4.97. The summed E-state index contributed by atoms with van der Waals surface area (Å²) >= 11 is 0. The molecule has 0 unspecified atom stereocenters. The molecule has 0 atom stereocenters. The van der Waals surface area contributed by atoms with E-state index in [4.69, 9.17) is 9.47 Å². The maximum absolute atomic E-state index is 12.8. The number of carbonyl (C=O) groups excluding carboxylic acids is 1. The number of carbonyl (C=O) groups is 1. The number of piperazine rings is 1. The van der Waals surface area contributed by atoms with E-state index >= 15 is 0 Å². The van der Waals surface area contributed by atoms with E-state index in [0.29, 0.717) is 24.7 Å². The predicted octanol–water partition coefficient (Wildman–Crippen LogP) is 1.44. The van der Waals surface area contributed by atoms with Crippen LogP contribution in [0, 0.1) is 10.1 Å². The van der Waals surface area contributed by atoms with Crippen molar-refractivity contribution in [3.63, 3.8) is 0 Å². The minimum atomic E-state index is -3.78. The van der Waals surface area contributed by atoms with Gasteiger partial charge in [-0.05, 0) is 29.8 Å². The lowest BCUT2D eigenvalue weighted by Crippen LogP contribution is -2.50. The quantitative estimate of drug-likeness (QED) is 0.502. The number of nitro benzene ring substituents is 1. The fourth-order valence-electron chi connectivity index (χ4n) is 3.55. The first-order valence-corrected chi connectivity index (χ1v) is 11.2. The predicted molar refractivity (Wildman–Crippen MR) is 110 cm³/mol. The molecule has 0 aromatic heterocycles. The van der Waals surface area contributed by atoms with Crippen LogP contribution in [0.1, 0.15) is 5.56 Å².